The first kappa shape index (κ1) is 24.2. The summed E-state index contributed by atoms with van der Waals surface area (Å²) in [6.07, 6.45) is 7.18. The molecule has 1 saturated carbocycles. The Labute approximate surface area is 198 Å². The van der Waals surface area contributed by atoms with Crippen molar-refractivity contribution in [3.63, 3.8) is 0 Å². The van der Waals surface area contributed by atoms with Gasteiger partial charge in [-0.25, -0.2) is 13.4 Å². The van der Waals surface area contributed by atoms with Crippen molar-refractivity contribution >= 4 is 27.0 Å². The molecular weight excluding hydrogens is 436 g/mol. The van der Waals surface area contributed by atoms with E-state index < -0.39 is 10.0 Å². The SMILES string of the molecule is CCCn1c(CCC(=O)NC2CCCC(C)C2C)nc2cc(S(=O)(=O)N3CCCC3)ccc21. The molecule has 3 atom stereocenters. The van der Waals surface area contributed by atoms with Gasteiger partial charge < -0.3 is 9.88 Å². The number of aryl methyl sites for hydroxylation is 2. The van der Waals surface area contributed by atoms with Crippen LogP contribution in [-0.2, 0) is 27.8 Å². The Hall–Kier alpha value is -1.93. The zero-order valence-corrected chi connectivity index (χ0v) is 21.0. The molecule has 2 fully saturated rings. The molecule has 2 heterocycles. The Kier molecular flexibility index (Phi) is 7.43. The second-order valence-electron chi connectivity index (χ2n) is 9.88. The maximum atomic E-state index is 13.0. The van der Waals surface area contributed by atoms with Crippen molar-refractivity contribution in [3.8, 4) is 0 Å². The smallest absolute Gasteiger partial charge is 0.243 e. The van der Waals surface area contributed by atoms with E-state index in [2.05, 4.69) is 30.7 Å². The van der Waals surface area contributed by atoms with E-state index in [0.29, 0.717) is 48.2 Å². The van der Waals surface area contributed by atoms with E-state index >= 15 is 0 Å². The number of carbonyl (C=O) groups is 1. The summed E-state index contributed by atoms with van der Waals surface area (Å²) in [4.78, 5) is 17.8. The van der Waals surface area contributed by atoms with Crippen LogP contribution in [0.2, 0.25) is 0 Å². The molecular formula is C25H38N4O3S. The molecule has 33 heavy (non-hydrogen) atoms. The summed E-state index contributed by atoms with van der Waals surface area (Å²) in [5.74, 6) is 2.07. The Morgan fingerprint density at radius 3 is 2.64 bits per heavy atom. The lowest BCUT2D eigenvalue weighted by atomic mass is 9.78. The summed E-state index contributed by atoms with van der Waals surface area (Å²) in [5, 5.41) is 3.25. The maximum Gasteiger partial charge on any atom is 0.243 e. The summed E-state index contributed by atoms with van der Waals surface area (Å²) in [6.45, 7) is 8.59. The highest BCUT2D eigenvalue weighted by Crippen LogP contribution is 2.30. The van der Waals surface area contributed by atoms with Gasteiger partial charge in [-0.05, 0) is 55.7 Å². The standard InChI is InChI=1S/C25H38N4O3S/c1-4-14-29-23-11-10-20(33(31,32)28-15-5-6-16-28)17-22(23)26-24(29)12-13-25(30)27-21-9-7-8-18(2)19(21)3/h10-11,17-19,21H,4-9,12-16H2,1-3H3,(H,27,30). The average Bonchev–Trinajstić information content (AvgIpc) is 3.45. The lowest BCUT2D eigenvalue weighted by Crippen LogP contribution is -2.43. The number of hydrogen-bond acceptors (Lipinski definition) is 4. The molecule has 1 aromatic heterocycles. The molecule has 7 nitrogen and oxygen atoms in total. The van der Waals surface area contributed by atoms with Gasteiger partial charge in [-0.3, -0.25) is 4.79 Å². The Balaban J connectivity index is 1.50. The summed E-state index contributed by atoms with van der Waals surface area (Å²) >= 11 is 0. The first-order valence-electron chi connectivity index (χ1n) is 12.6. The first-order valence-corrected chi connectivity index (χ1v) is 14.0. The van der Waals surface area contributed by atoms with Gasteiger partial charge in [-0.1, -0.05) is 33.6 Å². The first-order chi connectivity index (χ1) is 15.8. The van der Waals surface area contributed by atoms with Gasteiger partial charge in [0.05, 0.1) is 15.9 Å². The predicted molar refractivity (Wildman–Crippen MR) is 130 cm³/mol. The monoisotopic (exact) mass is 474 g/mol. The van der Waals surface area contributed by atoms with E-state index in [1.54, 1.807) is 16.4 Å². The maximum absolute atomic E-state index is 13.0. The number of rotatable bonds is 8. The van der Waals surface area contributed by atoms with Crippen LogP contribution in [0.5, 0.6) is 0 Å². The minimum atomic E-state index is -3.48. The molecule has 182 valence electrons. The molecule has 1 amide bonds. The molecule has 2 aliphatic rings. The quantitative estimate of drug-likeness (QED) is 0.624. The van der Waals surface area contributed by atoms with Crippen LogP contribution in [0, 0.1) is 11.8 Å². The number of fused-ring (bicyclic) bond motifs is 1. The van der Waals surface area contributed by atoms with Crippen molar-refractivity contribution < 1.29 is 13.2 Å². The number of sulfonamides is 1. The summed E-state index contributed by atoms with van der Waals surface area (Å²) in [5.41, 5.74) is 1.62. The van der Waals surface area contributed by atoms with Gasteiger partial charge in [0.15, 0.2) is 0 Å². The highest BCUT2D eigenvalue weighted by molar-refractivity contribution is 7.89. The number of nitrogens with zero attached hydrogens (tertiary/aromatic N) is 3. The van der Waals surface area contributed by atoms with E-state index in [1.807, 2.05) is 6.07 Å². The number of carbonyl (C=O) groups excluding carboxylic acids is 1. The second kappa shape index (κ2) is 10.1. The highest BCUT2D eigenvalue weighted by Gasteiger charge is 2.29. The van der Waals surface area contributed by atoms with Crippen molar-refractivity contribution in [2.24, 2.45) is 11.8 Å². The van der Waals surface area contributed by atoms with Crippen LogP contribution < -0.4 is 5.32 Å². The van der Waals surface area contributed by atoms with Crippen molar-refractivity contribution in [3.05, 3.63) is 24.0 Å². The Bertz CT molecular complexity index is 1090. The minimum absolute atomic E-state index is 0.0772. The molecule has 1 saturated heterocycles. The summed E-state index contributed by atoms with van der Waals surface area (Å²) < 4.78 is 29.7. The zero-order valence-electron chi connectivity index (χ0n) is 20.2. The zero-order chi connectivity index (χ0) is 23.6. The van der Waals surface area contributed by atoms with Crippen LogP contribution in [0.1, 0.15) is 71.5 Å². The minimum Gasteiger partial charge on any atom is -0.353 e. The van der Waals surface area contributed by atoms with Crippen molar-refractivity contribution in [2.75, 3.05) is 13.1 Å². The average molecular weight is 475 g/mol. The molecule has 1 N–H and O–H groups in total. The van der Waals surface area contributed by atoms with Crippen LogP contribution in [-0.4, -0.2) is 47.3 Å². The Morgan fingerprint density at radius 1 is 1.15 bits per heavy atom. The van der Waals surface area contributed by atoms with Crippen LogP contribution >= 0.6 is 0 Å². The van der Waals surface area contributed by atoms with Gasteiger partial charge in [0.2, 0.25) is 15.9 Å². The highest BCUT2D eigenvalue weighted by atomic mass is 32.2. The third kappa shape index (κ3) is 5.11. The molecule has 0 spiro atoms. The van der Waals surface area contributed by atoms with Gasteiger partial charge in [0, 0.05) is 38.5 Å². The van der Waals surface area contributed by atoms with Gasteiger partial charge in [0.1, 0.15) is 5.82 Å². The van der Waals surface area contributed by atoms with E-state index in [-0.39, 0.29) is 11.9 Å². The van der Waals surface area contributed by atoms with Gasteiger partial charge in [0.25, 0.3) is 0 Å². The molecule has 0 radical (unpaired) electrons. The van der Waals surface area contributed by atoms with E-state index in [0.717, 1.165) is 43.6 Å². The fraction of sp³-hybridized carbons (Fsp3) is 0.680. The molecule has 2 aromatic rings. The van der Waals surface area contributed by atoms with Gasteiger partial charge >= 0.3 is 0 Å². The number of imidazole rings is 1. The number of nitrogens with one attached hydrogen (secondary N) is 1. The van der Waals surface area contributed by atoms with Crippen LogP contribution in [0.15, 0.2) is 23.1 Å². The lowest BCUT2D eigenvalue weighted by Gasteiger charge is -2.34. The molecule has 1 aliphatic heterocycles. The second-order valence-corrected chi connectivity index (χ2v) is 11.8. The lowest BCUT2D eigenvalue weighted by molar-refractivity contribution is -0.122. The van der Waals surface area contributed by atoms with Gasteiger partial charge in [-0.2, -0.15) is 4.31 Å². The van der Waals surface area contributed by atoms with Crippen LogP contribution in [0.25, 0.3) is 11.0 Å². The molecule has 3 unspecified atom stereocenters. The Morgan fingerprint density at radius 2 is 1.91 bits per heavy atom. The molecule has 8 heteroatoms. The topological polar surface area (TPSA) is 84.3 Å². The fourth-order valence-electron chi connectivity index (χ4n) is 5.35. The summed E-state index contributed by atoms with van der Waals surface area (Å²) in [6, 6.07) is 5.53. The summed E-state index contributed by atoms with van der Waals surface area (Å²) in [7, 11) is -3.48. The molecule has 0 bridgehead atoms. The van der Waals surface area contributed by atoms with Crippen molar-refractivity contribution in [2.45, 2.75) is 89.6 Å². The van der Waals surface area contributed by atoms with Gasteiger partial charge in [-0.15, -0.1) is 0 Å². The third-order valence-corrected chi connectivity index (χ3v) is 9.47. The normalized spacial score (nSPS) is 24.4. The largest absolute Gasteiger partial charge is 0.353 e. The number of hydrogen-bond donors (Lipinski definition) is 1. The van der Waals surface area contributed by atoms with Crippen molar-refractivity contribution in [1.82, 2.24) is 19.2 Å². The van der Waals surface area contributed by atoms with Crippen LogP contribution in [0.4, 0.5) is 0 Å². The number of benzene rings is 1. The molecule has 1 aromatic carbocycles. The van der Waals surface area contributed by atoms with E-state index in [4.69, 9.17) is 4.98 Å². The third-order valence-electron chi connectivity index (χ3n) is 7.58. The van der Waals surface area contributed by atoms with E-state index in [9.17, 15) is 13.2 Å². The number of aromatic nitrogens is 2. The van der Waals surface area contributed by atoms with E-state index in [1.165, 1.54) is 12.8 Å². The molecule has 1 aliphatic carbocycles. The molecule has 4 rings (SSSR count). The van der Waals surface area contributed by atoms with Crippen LogP contribution in [0.3, 0.4) is 0 Å². The fourth-order valence-corrected chi connectivity index (χ4v) is 6.89. The van der Waals surface area contributed by atoms with Crippen molar-refractivity contribution in [1.29, 1.82) is 0 Å². The predicted octanol–water partition coefficient (Wildman–Crippen LogP) is 4.10. The number of amides is 1.